The molecule has 0 bridgehead atoms. The summed E-state index contributed by atoms with van der Waals surface area (Å²) in [6, 6.07) is 7.59. The summed E-state index contributed by atoms with van der Waals surface area (Å²) in [6.45, 7) is 4.45. The minimum atomic E-state index is 0.0452. The molecule has 0 aliphatic carbocycles. The highest BCUT2D eigenvalue weighted by molar-refractivity contribution is 5.77. The molecule has 0 atom stereocenters. The lowest BCUT2D eigenvalue weighted by Crippen LogP contribution is -2.29. The van der Waals surface area contributed by atoms with Crippen LogP contribution in [-0.2, 0) is 11.3 Å². The molecule has 0 heterocycles. The van der Waals surface area contributed by atoms with Crippen LogP contribution in [0.1, 0.15) is 19.4 Å². The standard InChI is InChI=1S/C12H18N2O/c1-9(2)12(15)14(3)8-10-4-6-11(13)7-5-10/h4-7,9H,8,13H2,1-3H3. The van der Waals surface area contributed by atoms with Crippen molar-refractivity contribution in [1.82, 2.24) is 4.90 Å². The van der Waals surface area contributed by atoms with Crippen molar-refractivity contribution in [2.45, 2.75) is 20.4 Å². The van der Waals surface area contributed by atoms with Crippen molar-refractivity contribution in [1.29, 1.82) is 0 Å². The van der Waals surface area contributed by atoms with Gasteiger partial charge in [-0.3, -0.25) is 4.79 Å². The molecule has 1 aromatic carbocycles. The summed E-state index contributed by atoms with van der Waals surface area (Å²) in [5.74, 6) is 0.204. The van der Waals surface area contributed by atoms with Crippen LogP contribution in [0.3, 0.4) is 0 Å². The fraction of sp³-hybridized carbons (Fsp3) is 0.417. The molecule has 1 rings (SSSR count). The van der Waals surface area contributed by atoms with Gasteiger partial charge >= 0.3 is 0 Å². The lowest BCUT2D eigenvalue weighted by Gasteiger charge is -2.19. The minimum absolute atomic E-state index is 0.0452. The van der Waals surface area contributed by atoms with E-state index < -0.39 is 0 Å². The first-order valence-electron chi connectivity index (χ1n) is 5.10. The summed E-state index contributed by atoms with van der Waals surface area (Å²) in [7, 11) is 1.82. The molecule has 0 unspecified atom stereocenters. The van der Waals surface area contributed by atoms with Gasteiger partial charge < -0.3 is 10.6 Å². The number of benzene rings is 1. The van der Waals surface area contributed by atoms with Crippen LogP contribution in [0.5, 0.6) is 0 Å². The molecule has 3 nitrogen and oxygen atoms in total. The quantitative estimate of drug-likeness (QED) is 0.767. The Morgan fingerprint density at radius 2 is 1.87 bits per heavy atom. The first-order valence-corrected chi connectivity index (χ1v) is 5.10. The largest absolute Gasteiger partial charge is 0.399 e. The second-order valence-electron chi connectivity index (χ2n) is 4.09. The number of carbonyl (C=O) groups is 1. The van der Waals surface area contributed by atoms with Gasteiger partial charge in [-0.05, 0) is 17.7 Å². The molecule has 0 spiro atoms. The Balaban J connectivity index is 2.62. The van der Waals surface area contributed by atoms with Gasteiger partial charge in [-0.15, -0.1) is 0 Å². The summed E-state index contributed by atoms with van der Waals surface area (Å²) in [5, 5.41) is 0. The van der Waals surface area contributed by atoms with Crippen LogP contribution in [0.15, 0.2) is 24.3 Å². The third-order valence-corrected chi connectivity index (χ3v) is 2.27. The van der Waals surface area contributed by atoms with Crippen molar-refractivity contribution in [3.63, 3.8) is 0 Å². The minimum Gasteiger partial charge on any atom is -0.399 e. The first kappa shape index (κ1) is 11.6. The molecule has 0 aliphatic heterocycles. The number of rotatable bonds is 3. The highest BCUT2D eigenvalue weighted by Gasteiger charge is 2.12. The predicted molar refractivity (Wildman–Crippen MR) is 62.2 cm³/mol. The number of nitrogens with zero attached hydrogens (tertiary/aromatic N) is 1. The molecular formula is C12H18N2O. The molecule has 0 aliphatic rings. The summed E-state index contributed by atoms with van der Waals surface area (Å²) in [4.78, 5) is 13.3. The number of nitrogen functional groups attached to an aromatic ring is 1. The van der Waals surface area contributed by atoms with Gasteiger partial charge in [-0.1, -0.05) is 26.0 Å². The van der Waals surface area contributed by atoms with Crippen molar-refractivity contribution in [3.8, 4) is 0 Å². The van der Waals surface area contributed by atoms with Crippen molar-refractivity contribution >= 4 is 11.6 Å². The van der Waals surface area contributed by atoms with E-state index in [0.29, 0.717) is 6.54 Å². The number of amides is 1. The third-order valence-electron chi connectivity index (χ3n) is 2.27. The number of anilines is 1. The topological polar surface area (TPSA) is 46.3 Å². The maximum absolute atomic E-state index is 11.6. The van der Waals surface area contributed by atoms with Crippen molar-refractivity contribution in [2.75, 3.05) is 12.8 Å². The van der Waals surface area contributed by atoms with Crippen LogP contribution in [0.25, 0.3) is 0 Å². The SMILES string of the molecule is CC(C)C(=O)N(C)Cc1ccc(N)cc1. The Morgan fingerprint density at radius 1 is 1.33 bits per heavy atom. The van der Waals surface area contributed by atoms with Crippen LogP contribution in [0, 0.1) is 5.92 Å². The third kappa shape index (κ3) is 3.27. The van der Waals surface area contributed by atoms with Gasteiger partial charge in [0.25, 0.3) is 0 Å². The zero-order valence-corrected chi connectivity index (χ0v) is 9.53. The van der Waals surface area contributed by atoms with E-state index >= 15 is 0 Å². The van der Waals surface area contributed by atoms with Crippen molar-refractivity contribution < 1.29 is 4.79 Å². The molecule has 0 saturated heterocycles. The molecule has 1 aromatic rings. The van der Waals surface area contributed by atoms with Gasteiger partial charge in [0, 0.05) is 25.2 Å². The molecule has 2 N–H and O–H groups in total. The summed E-state index contributed by atoms with van der Waals surface area (Å²) in [6.07, 6.45) is 0. The van der Waals surface area contributed by atoms with Gasteiger partial charge in [0.1, 0.15) is 0 Å². The average molecular weight is 206 g/mol. The van der Waals surface area contributed by atoms with E-state index in [0.717, 1.165) is 11.3 Å². The van der Waals surface area contributed by atoms with Gasteiger partial charge in [-0.25, -0.2) is 0 Å². The first-order chi connectivity index (χ1) is 7.00. The van der Waals surface area contributed by atoms with Crippen molar-refractivity contribution in [3.05, 3.63) is 29.8 Å². The summed E-state index contributed by atoms with van der Waals surface area (Å²) < 4.78 is 0. The number of hydrogen-bond donors (Lipinski definition) is 1. The Morgan fingerprint density at radius 3 is 2.33 bits per heavy atom. The molecule has 3 heteroatoms. The van der Waals surface area contributed by atoms with E-state index in [1.165, 1.54) is 0 Å². The molecule has 0 radical (unpaired) electrons. The van der Waals surface area contributed by atoms with Gasteiger partial charge in [0.05, 0.1) is 0 Å². The highest BCUT2D eigenvalue weighted by atomic mass is 16.2. The fourth-order valence-corrected chi connectivity index (χ4v) is 1.42. The normalized spacial score (nSPS) is 10.4. The fourth-order valence-electron chi connectivity index (χ4n) is 1.42. The summed E-state index contributed by atoms with van der Waals surface area (Å²) in [5.41, 5.74) is 7.43. The Hall–Kier alpha value is -1.51. The number of carbonyl (C=O) groups excluding carboxylic acids is 1. The molecular weight excluding hydrogens is 188 g/mol. The van der Waals surface area contributed by atoms with E-state index in [4.69, 9.17) is 5.73 Å². The zero-order chi connectivity index (χ0) is 11.4. The van der Waals surface area contributed by atoms with E-state index in [9.17, 15) is 4.79 Å². The second-order valence-corrected chi connectivity index (χ2v) is 4.09. The van der Waals surface area contributed by atoms with Gasteiger partial charge in [-0.2, -0.15) is 0 Å². The summed E-state index contributed by atoms with van der Waals surface area (Å²) >= 11 is 0. The molecule has 82 valence electrons. The van der Waals surface area contributed by atoms with E-state index in [1.807, 2.05) is 45.2 Å². The molecule has 0 fully saturated rings. The van der Waals surface area contributed by atoms with Crippen LogP contribution in [-0.4, -0.2) is 17.9 Å². The maximum Gasteiger partial charge on any atom is 0.225 e. The Kier molecular flexibility index (Phi) is 3.72. The number of hydrogen-bond acceptors (Lipinski definition) is 2. The highest BCUT2D eigenvalue weighted by Crippen LogP contribution is 2.09. The van der Waals surface area contributed by atoms with Gasteiger partial charge in [0.2, 0.25) is 5.91 Å². The van der Waals surface area contributed by atoms with Crippen LogP contribution in [0.2, 0.25) is 0 Å². The smallest absolute Gasteiger partial charge is 0.225 e. The Labute approximate surface area is 90.9 Å². The molecule has 0 saturated carbocycles. The number of nitrogens with two attached hydrogens (primary N) is 1. The molecule has 0 aromatic heterocycles. The Bertz CT molecular complexity index is 330. The van der Waals surface area contributed by atoms with Crippen LogP contribution in [0.4, 0.5) is 5.69 Å². The van der Waals surface area contributed by atoms with E-state index in [-0.39, 0.29) is 11.8 Å². The van der Waals surface area contributed by atoms with E-state index in [1.54, 1.807) is 4.90 Å². The van der Waals surface area contributed by atoms with E-state index in [2.05, 4.69) is 0 Å². The second kappa shape index (κ2) is 4.82. The average Bonchev–Trinajstić information content (AvgIpc) is 2.20. The molecule has 1 amide bonds. The predicted octanol–water partition coefficient (Wildman–Crippen LogP) is 1.88. The maximum atomic E-state index is 11.6. The van der Waals surface area contributed by atoms with Crippen molar-refractivity contribution in [2.24, 2.45) is 5.92 Å². The van der Waals surface area contributed by atoms with Crippen LogP contribution >= 0.6 is 0 Å². The monoisotopic (exact) mass is 206 g/mol. The van der Waals surface area contributed by atoms with Crippen LogP contribution < -0.4 is 5.73 Å². The lowest BCUT2D eigenvalue weighted by atomic mass is 10.1. The molecule has 15 heavy (non-hydrogen) atoms. The van der Waals surface area contributed by atoms with Gasteiger partial charge in [0.15, 0.2) is 0 Å². The zero-order valence-electron chi connectivity index (χ0n) is 9.53. The lowest BCUT2D eigenvalue weighted by molar-refractivity contribution is -0.133.